The Bertz CT molecular complexity index is 797. The molecular weight excluding hydrogens is 354 g/mol. The highest BCUT2D eigenvalue weighted by molar-refractivity contribution is 7.98. The van der Waals surface area contributed by atoms with Crippen molar-refractivity contribution in [2.45, 2.75) is 37.2 Å². The maximum atomic E-state index is 13.3. The van der Waals surface area contributed by atoms with Crippen LogP contribution in [0.5, 0.6) is 0 Å². The Hall–Kier alpha value is -1.85. The van der Waals surface area contributed by atoms with Gasteiger partial charge in [-0.1, -0.05) is 18.2 Å². The van der Waals surface area contributed by atoms with E-state index in [1.54, 1.807) is 18.0 Å². The van der Waals surface area contributed by atoms with Crippen molar-refractivity contribution >= 4 is 17.7 Å². The maximum Gasteiger partial charge on any atom is 0.230 e. The minimum Gasteiger partial charge on any atom is -0.338 e. The van der Waals surface area contributed by atoms with E-state index < -0.39 is 0 Å². The molecule has 0 saturated carbocycles. The number of hydrogen-bond donors (Lipinski definition) is 0. The number of carbonyl (C=O) groups excluding carboxylic acids is 1. The third-order valence-electron chi connectivity index (χ3n) is 5.89. The highest BCUT2D eigenvalue weighted by Gasteiger charge is 2.48. The number of piperidine rings is 1. The second-order valence-electron chi connectivity index (χ2n) is 7.78. The van der Waals surface area contributed by atoms with Crippen molar-refractivity contribution in [1.82, 2.24) is 14.8 Å². The molecule has 0 radical (unpaired) electrons. The summed E-state index contributed by atoms with van der Waals surface area (Å²) in [5.74, 6) is 0.345. The van der Waals surface area contributed by atoms with Crippen LogP contribution >= 0.6 is 11.8 Å². The maximum absolute atomic E-state index is 13.3. The first-order valence-electron chi connectivity index (χ1n) is 9.72. The molecule has 3 heterocycles. The second-order valence-corrected chi connectivity index (χ2v) is 8.66. The Kier molecular flexibility index (Phi) is 5.50. The van der Waals surface area contributed by atoms with Crippen molar-refractivity contribution in [3.05, 3.63) is 59.9 Å². The molecule has 4 rings (SSSR count). The van der Waals surface area contributed by atoms with Crippen LogP contribution in [0.4, 0.5) is 0 Å². The quantitative estimate of drug-likeness (QED) is 0.738. The molecule has 1 amide bonds. The summed E-state index contributed by atoms with van der Waals surface area (Å²) in [5.41, 5.74) is 2.28. The third kappa shape index (κ3) is 4.04. The number of likely N-dealkylation sites (tertiary alicyclic amines) is 2. The number of aromatic nitrogens is 1. The number of amides is 1. The molecule has 4 nitrogen and oxygen atoms in total. The first kappa shape index (κ1) is 18.5. The molecule has 0 N–H and O–H groups in total. The molecule has 2 aromatic rings. The summed E-state index contributed by atoms with van der Waals surface area (Å²) in [6, 6.07) is 12.8. The molecule has 1 aromatic heterocycles. The Morgan fingerprint density at radius 3 is 2.81 bits per heavy atom. The van der Waals surface area contributed by atoms with E-state index >= 15 is 0 Å². The van der Waals surface area contributed by atoms with E-state index in [1.807, 2.05) is 12.3 Å². The first-order chi connectivity index (χ1) is 13.2. The molecule has 2 saturated heterocycles. The molecule has 0 aliphatic carbocycles. The lowest BCUT2D eigenvalue weighted by Crippen LogP contribution is -2.49. The van der Waals surface area contributed by atoms with E-state index in [-0.39, 0.29) is 5.41 Å². The highest BCUT2D eigenvalue weighted by Crippen LogP contribution is 2.41. The normalized spacial score (nSPS) is 23.3. The van der Waals surface area contributed by atoms with Gasteiger partial charge in [0.15, 0.2) is 0 Å². The van der Waals surface area contributed by atoms with Crippen molar-refractivity contribution in [2.24, 2.45) is 5.41 Å². The van der Waals surface area contributed by atoms with Crippen LogP contribution in [0.15, 0.2) is 53.7 Å². The predicted molar refractivity (Wildman–Crippen MR) is 109 cm³/mol. The van der Waals surface area contributed by atoms with Gasteiger partial charge in [0, 0.05) is 43.5 Å². The SMILES string of the molecule is CSc1cccc(CN2CC[C@@]3(CCCN(Cc4cccnc4)C3=O)C2)c1. The fraction of sp³-hybridized carbons (Fsp3) is 0.455. The third-order valence-corrected chi connectivity index (χ3v) is 6.62. The lowest BCUT2D eigenvalue weighted by molar-refractivity contribution is -0.146. The molecule has 2 aliphatic heterocycles. The van der Waals surface area contributed by atoms with E-state index in [1.165, 1.54) is 10.5 Å². The Morgan fingerprint density at radius 2 is 2.00 bits per heavy atom. The number of benzene rings is 1. The first-order valence-corrected chi connectivity index (χ1v) is 10.9. The van der Waals surface area contributed by atoms with Crippen LogP contribution in [0, 0.1) is 5.41 Å². The molecule has 2 fully saturated rings. The van der Waals surface area contributed by atoms with Gasteiger partial charge < -0.3 is 4.90 Å². The van der Waals surface area contributed by atoms with Gasteiger partial charge in [0.25, 0.3) is 0 Å². The molecule has 1 atom stereocenters. The van der Waals surface area contributed by atoms with Gasteiger partial charge in [-0.25, -0.2) is 0 Å². The summed E-state index contributed by atoms with van der Waals surface area (Å²) in [6.45, 7) is 4.39. The second kappa shape index (κ2) is 8.03. The molecular formula is C22H27N3OS. The van der Waals surface area contributed by atoms with Crippen molar-refractivity contribution in [3.63, 3.8) is 0 Å². The monoisotopic (exact) mass is 381 g/mol. The number of nitrogens with zero attached hydrogens (tertiary/aromatic N) is 3. The molecule has 2 aliphatic rings. The van der Waals surface area contributed by atoms with Crippen LogP contribution in [0.3, 0.4) is 0 Å². The van der Waals surface area contributed by atoms with Crippen molar-refractivity contribution in [3.8, 4) is 0 Å². The average molecular weight is 382 g/mol. The number of thioether (sulfide) groups is 1. The van der Waals surface area contributed by atoms with Gasteiger partial charge in [0.1, 0.15) is 0 Å². The zero-order chi connectivity index (χ0) is 18.7. The average Bonchev–Trinajstić information content (AvgIpc) is 3.10. The Balaban J connectivity index is 1.43. The fourth-order valence-electron chi connectivity index (χ4n) is 4.52. The molecule has 0 bridgehead atoms. The van der Waals surface area contributed by atoms with E-state index in [0.29, 0.717) is 12.5 Å². The minimum atomic E-state index is -0.183. The molecule has 1 aromatic carbocycles. The topological polar surface area (TPSA) is 36.4 Å². The van der Waals surface area contributed by atoms with Crippen LogP contribution in [0.25, 0.3) is 0 Å². The predicted octanol–water partition coefficient (Wildman–Crippen LogP) is 3.82. The van der Waals surface area contributed by atoms with E-state index in [0.717, 1.165) is 51.0 Å². The van der Waals surface area contributed by atoms with Gasteiger partial charge in [0.05, 0.1) is 5.41 Å². The molecule has 27 heavy (non-hydrogen) atoms. The number of hydrogen-bond acceptors (Lipinski definition) is 4. The van der Waals surface area contributed by atoms with Crippen LogP contribution in [-0.4, -0.2) is 46.6 Å². The number of carbonyl (C=O) groups is 1. The molecule has 0 unspecified atom stereocenters. The Labute approximate surface area is 166 Å². The summed E-state index contributed by atoms with van der Waals surface area (Å²) >= 11 is 1.78. The van der Waals surface area contributed by atoms with Crippen LogP contribution in [-0.2, 0) is 17.9 Å². The standard InChI is InChI=1S/C22H27N3OS/c1-27-20-7-2-5-18(13-20)15-24-12-9-22(17-24)8-4-11-25(21(22)26)16-19-6-3-10-23-14-19/h2-3,5-7,10,13-14H,4,8-9,11-12,15-17H2,1H3/t22-/m0/s1. The molecule has 5 heteroatoms. The zero-order valence-electron chi connectivity index (χ0n) is 15.9. The van der Waals surface area contributed by atoms with Crippen molar-refractivity contribution in [1.29, 1.82) is 0 Å². The largest absolute Gasteiger partial charge is 0.338 e. The van der Waals surface area contributed by atoms with E-state index in [2.05, 4.69) is 51.4 Å². The van der Waals surface area contributed by atoms with Gasteiger partial charge in [-0.05, 0) is 61.4 Å². The highest BCUT2D eigenvalue weighted by atomic mass is 32.2. The van der Waals surface area contributed by atoms with Gasteiger partial charge in [-0.15, -0.1) is 11.8 Å². The van der Waals surface area contributed by atoms with E-state index in [9.17, 15) is 4.79 Å². The van der Waals surface area contributed by atoms with Gasteiger partial charge in [-0.3, -0.25) is 14.7 Å². The smallest absolute Gasteiger partial charge is 0.230 e. The minimum absolute atomic E-state index is 0.183. The lowest BCUT2D eigenvalue weighted by atomic mass is 9.78. The van der Waals surface area contributed by atoms with E-state index in [4.69, 9.17) is 0 Å². The number of pyridine rings is 1. The Morgan fingerprint density at radius 1 is 1.11 bits per heavy atom. The van der Waals surface area contributed by atoms with Crippen molar-refractivity contribution in [2.75, 3.05) is 25.9 Å². The lowest BCUT2D eigenvalue weighted by Gasteiger charge is -2.39. The summed E-state index contributed by atoms with van der Waals surface area (Å²) < 4.78 is 0. The summed E-state index contributed by atoms with van der Waals surface area (Å²) in [6.07, 6.45) is 8.87. The molecule has 142 valence electrons. The summed E-state index contributed by atoms with van der Waals surface area (Å²) in [7, 11) is 0. The molecule has 1 spiro atoms. The van der Waals surface area contributed by atoms with Crippen LogP contribution < -0.4 is 0 Å². The van der Waals surface area contributed by atoms with Gasteiger partial charge in [-0.2, -0.15) is 0 Å². The summed E-state index contributed by atoms with van der Waals surface area (Å²) in [4.78, 5) is 23.3. The zero-order valence-corrected chi connectivity index (χ0v) is 16.8. The van der Waals surface area contributed by atoms with Gasteiger partial charge in [0.2, 0.25) is 5.91 Å². The summed E-state index contributed by atoms with van der Waals surface area (Å²) in [5, 5.41) is 0. The number of rotatable bonds is 5. The van der Waals surface area contributed by atoms with Crippen molar-refractivity contribution < 1.29 is 4.79 Å². The van der Waals surface area contributed by atoms with Gasteiger partial charge >= 0.3 is 0 Å². The van der Waals surface area contributed by atoms with Crippen LogP contribution in [0.2, 0.25) is 0 Å². The van der Waals surface area contributed by atoms with Crippen LogP contribution in [0.1, 0.15) is 30.4 Å². The fourth-order valence-corrected chi connectivity index (χ4v) is 5.00.